The highest BCUT2D eigenvalue weighted by atomic mass is 16.6. The van der Waals surface area contributed by atoms with E-state index in [0.29, 0.717) is 43.3 Å². The van der Waals surface area contributed by atoms with Crippen LogP contribution in [0.3, 0.4) is 0 Å². The average Bonchev–Trinajstić information content (AvgIpc) is 2.53. The van der Waals surface area contributed by atoms with Crippen LogP contribution < -0.4 is 15.4 Å². The van der Waals surface area contributed by atoms with Gasteiger partial charge in [-0.1, -0.05) is 0 Å². The highest BCUT2D eigenvalue weighted by Crippen LogP contribution is 2.38. The van der Waals surface area contributed by atoms with Gasteiger partial charge in [0.1, 0.15) is 5.75 Å². The Balaban J connectivity index is 2.32. The summed E-state index contributed by atoms with van der Waals surface area (Å²) in [6.07, 6.45) is 1.33. The van der Waals surface area contributed by atoms with Crippen molar-refractivity contribution in [3.05, 3.63) is 17.7 Å². The Bertz CT molecular complexity index is 367. The van der Waals surface area contributed by atoms with E-state index in [0.717, 1.165) is 6.42 Å². The summed E-state index contributed by atoms with van der Waals surface area (Å²) in [5, 5.41) is 9.75. The molecule has 2 rings (SSSR count). The molecule has 0 spiro atoms. The van der Waals surface area contributed by atoms with Crippen LogP contribution in [0.15, 0.2) is 12.1 Å². The average molecular weight is 225 g/mol. The number of benzene rings is 1. The van der Waals surface area contributed by atoms with E-state index in [-0.39, 0.29) is 5.75 Å². The molecule has 0 atom stereocenters. The van der Waals surface area contributed by atoms with E-state index in [1.807, 2.05) is 0 Å². The first kappa shape index (κ1) is 11.0. The van der Waals surface area contributed by atoms with Crippen LogP contribution in [0, 0.1) is 0 Å². The summed E-state index contributed by atoms with van der Waals surface area (Å²) in [5.74, 6) is 6.44. The Kier molecular flexibility index (Phi) is 3.48. The van der Waals surface area contributed by atoms with Crippen molar-refractivity contribution in [1.29, 1.82) is 0 Å². The molecule has 0 saturated carbocycles. The molecule has 16 heavy (non-hydrogen) atoms. The van der Waals surface area contributed by atoms with E-state index in [2.05, 4.69) is 4.84 Å². The van der Waals surface area contributed by atoms with Gasteiger partial charge in [-0.25, -0.2) is 5.90 Å². The summed E-state index contributed by atoms with van der Waals surface area (Å²) in [6.45, 7) is 1.55. The summed E-state index contributed by atoms with van der Waals surface area (Å²) in [4.78, 5) is 4.52. The van der Waals surface area contributed by atoms with Crippen molar-refractivity contribution in [1.82, 2.24) is 0 Å². The highest BCUT2D eigenvalue weighted by molar-refractivity contribution is 5.53. The molecule has 0 saturated heterocycles. The minimum Gasteiger partial charge on any atom is -0.508 e. The van der Waals surface area contributed by atoms with Crippen LogP contribution in [0.2, 0.25) is 0 Å². The third kappa shape index (κ3) is 2.20. The molecule has 1 aliphatic heterocycles. The van der Waals surface area contributed by atoms with Crippen LogP contribution in [0.25, 0.3) is 0 Å². The van der Waals surface area contributed by atoms with Gasteiger partial charge in [-0.15, -0.1) is 0 Å². The number of phenolic OH excluding ortho intramolecular Hbond substituents is 1. The zero-order valence-corrected chi connectivity index (χ0v) is 8.94. The molecule has 1 heterocycles. The maximum atomic E-state index is 9.75. The van der Waals surface area contributed by atoms with E-state index >= 15 is 0 Å². The maximum Gasteiger partial charge on any atom is 0.168 e. The fourth-order valence-corrected chi connectivity index (χ4v) is 1.69. The number of ether oxygens (including phenoxy) is 2. The number of nitrogens with two attached hydrogens (primary N) is 1. The van der Waals surface area contributed by atoms with E-state index in [9.17, 15) is 5.11 Å². The van der Waals surface area contributed by atoms with Crippen molar-refractivity contribution in [3.8, 4) is 17.2 Å². The SMILES string of the molecule is NOCCc1c(O)ccc2c1OCCCO2. The molecular weight excluding hydrogens is 210 g/mol. The molecule has 0 unspecified atom stereocenters. The van der Waals surface area contributed by atoms with Crippen molar-refractivity contribution in [2.75, 3.05) is 19.8 Å². The van der Waals surface area contributed by atoms with Gasteiger partial charge in [-0.3, -0.25) is 0 Å². The molecule has 5 heteroatoms. The standard InChI is InChI=1S/C11H15NO4/c12-16-7-4-8-9(13)2-3-10-11(8)15-6-1-5-14-10/h2-3,13H,1,4-7,12H2. The predicted octanol–water partition coefficient (Wildman–Crippen LogP) is 0.986. The number of hydrogen-bond donors (Lipinski definition) is 2. The number of fused-ring (bicyclic) bond motifs is 1. The summed E-state index contributed by atoms with van der Waals surface area (Å²) in [5.41, 5.74) is 0.685. The summed E-state index contributed by atoms with van der Waals surface area (Å²) < 4.78 is 11.1. The predicted molar refractivity (Wildman–Crippen MR) is 57.6 cm³/mol. The van der Waals surface area contributed by atoms with Crippen LogP contribution >= 0.6 is 0 Å². The Morgan fingerprint density at radius 1 is 1.31 bits per heavy atom. The first-order chi connectivity index (χ1) is 7.83. The van der Waals surface area contributed by atoms with Gasteiger partial charge >= 0.3 is 0 Å². The molecule has 88 valence electrons. The molecule has 1 aromatic carbocycles. The minimum absolute atomic E-state index is 0.182. The lowest BCUT2D eigenvalue weighted by atomic mass is 10.1. The molecule has 0 aliphatic carbocycles. The molecule has 0 bridgehead atoms. The zero-order valence-electron chi connectivity index (χ0n) is 8.94. The number of aromatic hydroxyl groups is 1. The van der Waals surface area contributed by atoms with Crippen LogP contribution in [-0.4, -0.2) is 24.9 Å². The van der Waals surface area contributed by atoms with Crippen molar-refractivity contribution < 1.29 is 19.4 Å². The lowest BCUT2D eigenvalue weighted by Crippen LogP contribution is -2.06. The van der Waals surface area contributed by atoms with E-state index in [1.165, 1.54) is 0 Å². The Morgan fingerprint density at radius 3 is 2.94 bits per heavy atom. The van der Waals surface area contributed by atoms with Crippen molar-refractivity contribution in [2.45, 2.75) is 12.8 Å². The van der Waals surface area contributed by atoms with Crippen molar-refractivity contribution >= 4 is 0 Å². The van der Waals surface area contributed by atoms with Crippen LogP contribution in [0.1, 0.15) is 12.0 Å². The maximum absolute atomic E-state index is 9.75. The van der Waals surface area contributed by atoms with Gasteiger partial charge in [0.05, 0.1) is 19.8 Å². The smallest absolute Gasteiger partial charge is 0.168 e. The molecule has 5 nitrogen and oxygen atoms in total. The van der Waals surface area contributed by atoms with Crippen LogP contribution in [0.5, 0.6) is 17.2 Å². The minimum atomic E-state index is 0.182. The lowest BCUT2D eigenvalue weighted by molar-refractivity contribution is 0.140. The number of phenols is 1. The van der Waals surface area contributed by atoms with Crippen molar-refractivity contribution in [2.24, 2.45) is 5.90 Å². The van der Waals surface area contributed by atoms with Gasteiger partial charge in [0.15, 0.2) is 11.5 Å². The largest absolute Gasteiger partial charge is 0.508 e. The topological polar surface area (TPSA) is 73.9 Å². The molecule has 0 amide bonds. The second-order valence-electron chi connectivity index (χ2n) is 3.56. The lowest BCUT2D eigenvalue weighted by Gasteiger charge is -2.13. The normalized spacial score (nSPS) is 14.6. The Hall–Kier alpha value is -1.46. The fourth-order valence-electron chi connectivity index (χ4n) is 1.69. The third-order valence-corrected chi connectivity index (χ3v) is 2.46. The van der Waals surface area contributed by atoms with Gasteiger partial charge in [0.2, 0.25) is 0 Å². The first-order valence-corrected chi connectivity index (χ1v) is 5.25. The molecule has 0 radical (unpaired) electrons. The fraction of sp³-hybridized carbons (Fsp3) is 0.455. The van der Waals surface area contributed by atoms with E-state index < -0.39 is 0 Å². The zero-order chi connectivity index (χ0) is 11.4. The first-order valence-electron chi connectivity index (χ1n) is 5.25. The molecule has 0 fully saturated rings. The Morgan fingerprint density at radius 2 is 2.12 bits per heavy atom. The van der Waals surface area contributed by atoms with Gasteiger partial charge in [-0.05, 0) is 12.1 Å². The van der Waals surface area contributed by atoms with Gasteiger partial charge in [-0.2, -0.15) is 0 Å². The monoisotopic (exact) mass is 225 g/mol. The second-order valence-corrected chi connectivity index (χ2v) is 3.56. The summed E-state index contributed by atoms with van der Waals surface area (Å²) in [6, 6.07) is 3.31. The van der Waals surface area contributed by atoms with E-state index in [1.54, 1.807) is 12.1 Å². The molecule has 1 aromatic rings. The number of rotatable bonds is 3. The summed E-state index contributed by atoms with van der Waals surface area (Å²) >= 11 is 0. The number of hydrogen-bond acceptors (Lipinski definition) is 5. The second kappa shape index (κ2) is 5.05. The highest BCUT2D eigenvalue weighted by Gasteiger charge is 2.17. The van der Waals surface area contributed by atoms with Gasteiger partial charge in [0, 0.05) is 18.4 Å². The van der Waals surface area contributed by atoms with Gasteiger partial charge < -0.3 is 19.4 Å². The molecule has 1 aliphatic rings. The molecule has 0 aromatic heterocycles. The van der Waals surface area contributed by atoms with Crippen molar-refractivity contribution in [3.63, 3.8) is 0 Å². The van der Waals surface area contributed by atoms with Crippen LogP contribution in [-0.2, 0) is 11.3 Å². The molecular formula is C11H15NO4. The van der Waals surface area contributed by atoms with Crippen LogP contribution in [0.4, 0.5) is 0 Å². The summed E-state index contributed by atoms with van der Waals surface area (Å²) in [7, 11) is 0. The Labute approximate surface area is 93.7 Å². The molecule has 3 N–H and O–H groups in total. The quantitative estimate of drug-likeness (QED) is 0.750. The van der Waals surface area contributed by atoms with E-state index in [4.69, 9.17) is 15.4 Å². The third-order valence-electron chi connectivity index (χ3n) is 2.46. The van der Waals surface area contributed by atoms with Gasteiger partial charge in [0.25, 0.3) is 0 Å².